The molecule has 1 aromatic heterocycles. The third-order valence-corrected chi connectivity index (χ3v) is 5.39. The maximum atomic E-state index is 12.7. The van der Waals surface area contributed by atoms with Crippen LogP contribution in [0.4, 0.5) is 5.69 Å². The number of hydrogen-bond donors (Lipinski definition) is 1. The molecule has 0 spiro atoms. The Balaban J connectivity index is 1.86. The van der Waals surface area contributed by atoms with Crippen molar-refractivity contribution in [1.29, 1.82) is 0 Å². The highest BCUT2D eigenvalue weighted by molar-refractivity contribution is 7.92. The summed E-state index contributed by atoms with van der Waals surface area (Å²) in [7, 11) is -3.64. The van der Waals surface area contributed by atoms with Crippen LogP contribution in [0, 0.1) is 0 Å². The van der Waals surface area contributed by atoms with E-state index in [2.05, 4.69) is 23.7 Å². The average Bonchev–Trinajstić information content (AvgIpc) is 3.09. The van der Waals surface area contributed by atoms with Crippen LogP contribution in [0.1, 0.15) is 30.9 Å². The molecule has 0 atom stereocenters. The molecule has 0 saturated heterocycles. The minimum absolute atomic E-state index is 0.255. The van der Waals surface area contributed by atoms with Crippen LogP contribution in [0.2, 0.25) is 0 Å². The molecule has 3 aromatic rings. The van der Waals surface area contributed by atoms with Gasteiger partial charge in [0.1, 0.15) is 0 Å². The highest BCUT2D eigenvalue weighted by Gasteiger charge is 2.16. The lowest BCUT2D eigenvalue weighted by molar-refractivity contribution is 0.601. The van der Waals surface area contributed by atoms with E-state index in [9.17, 15) is 8.42 Å². The number of anilines is 1. The Bertz CT molecular complexity index is 931. The maximum Gasteiger partial charge on any atom is 0.261 e. The first-order chi connectivity index (χ1) is 12.0. The molecule has 2 aromatic carbocycles. The van der Waals surface area contributed by atoms with Gasteiger partial charge in [-0.05, 0) is 41.3 Å². The van der Waals surface area contributed by atoms with Gasteiger partial charge < -0.3 is 0 Å². The van der Waals surface area contributed by atoms with E-state index in [1.165, 1.54) is 0 Å². The fraction of sp³-hybridized carbons (Fsp3) is 0.211. The number of aromatic nitrogens is 2. The van der Waals surface area contributed by atoms with Crippen molar-refractivity contribution in [1.82, 2.24) is 9.78 Å². The van der Waals surface area contributed by atoms with Crippen LogP contribution in [-0.4, -0.2) is 18.2 Å². The molecule has 0 aliphatic rings. The second kappa shape index (κ2) is 7.11. The smallest absolute Gasteiger partial charge is 0.261 e. The number of para-hydroxylation sites is 1. The molecule has 0 radical (unpaired) electrons. The lowest BCUT2D eigenvalue weighted by Crippen LogP contribution is -2.15. The molecule has 6 heteroatoms. The zero-order valence-corrected chi connectivity index (χ0v) is 15.1. The molecule has 0 bridgehead atoms. The summed E-state index contributed by atoms with van der Waals surface area (Å²) in [6, 6.07) is 16.2. The minimum atomic E-state index is -3.64. The Labute approximate surface area is 148 Å². The molecule has 0 amide bonds. The van der Waals surface area contributed by atoms with Gasteiger partial charge in [-0.3, -0.25) is 9.40 Å². The number of sulfonamides is 1. The number of benzene rings is 2. The van der Waals surface area contributed by atoms with Gasteiger partial charge in [0.05, 0.1) is 17.1 Å². The average molecular weight is 355 g/mol. The first-order valence-corrected chi connectivity index (χ1v) is 9.62. The monoisotopic (exact) mass is 355 g/mol. The molecular weight excluding hydrogens is 334 g/mol. The van der Waals surface area contributed by atoms with Crippen LogP contribution in [0.3, 0.4) is 0 Å². The summed E-state index contributed by atoms with van der Waals surface area (Å²) in [6.07, 6.45) is 3.54. The molecule has 1 heterocycles. The van der Waals surface area contributed by atoms with Gasteiger partial charge in [0.2, 0.25) is 0 Å². The van der Waals surface area contributed by atoms with Gasteiger partial charge in [0.25, 0.3) is 10.0 Å². The van der Waals surface area contributed by atoms with Gasteiger partial charge in [0.15, 0.2) is 0 Å². The van der Waals surface area contributed by atoms with Gasteiger partial charge in [0, 0.05) is 12.4 Å². The zero-order chi connectivity index (χ0) is 17.9. The van der Waals surface area contributed by atoms with Crippen molar-refractivity contribution in [3.05, 3.63) is 78.1 Å². The summed E-state index contributed by atoms with van der Waals surface area (Å²) >= 11 is 0. The number of nitrogens with one attached hydrogen (secondary N) is 1. The molecule has 3 rings (SSSR count). The number of nitrogens with zero attached hydrogens (tertiary/aromatic N) is 2. The van der Waals surface area contributed by atoms with Crippen LogP contribution in [-0.2, 0) is 16.6 Å². The molecular formula is C19H21N3O2S. The fourth-order valence-corrected chi connectivity index (χ4v) is 3.66. The molecule has 0 fully saturated rings. The minimum Gasteiger partial charge on any atom is -0.279 e. The Morgan fingerprint density at radius 3 is 2.40 bits per heavy atom. The third-order valence-electron chi connectivity index (χ3n) is 4.01. The maximum absolute atomic E-state index is 12.7. The van der Waals surface area contributed by atoms with E-state index in [0.717, 1.165) is 11.1 Å². The molecule has 1 N–H and O–H groups in total. The van der Waals surface area contributed by atoms with E-state index >= 15 is 0 Å². The summed E-state index contributed by atoms with van der Waals surface area (Å²) in [6.45, 7) is 4.65. The second-order valence-corrected chi connectivity index (χ2v) is 7.87. The van der Waals surface area contributed by atoms with Crippen molar-refractivity contribution in [3.8, 4) is 0 Å². The molecule has 25 heavy (non-hydrogen) atoms. The van der Waals surface area contributed by atoms with Gasteiger partial charge in [-0.1, -0.05) is 44.2 Å². The summed E-state index contributed by atoms with van der Waals surface area (Å²) in [5, 5.41) is 4.17. The normalized spacial score (nSPS) is 11.6. The van der Waals surface area contributed by atoms with Crippen LogP contribution in [0.5, 0.6) is 0 Å². The highest BCUT2D eigenvalue weighted by Crippen LogP contribution is 2.22. The van der Waals surface area contributed by atoms with Crippen LogP contribution in [0.25, 0.3) is 0 Å². The lowest BCUT2D eigenvalue weighted by Gasteiger charge is -2.13. The summed E-state index contributed by atoms with van der Waals surface area (Å²) in [5.74, 6) is 0.361. The Morgan fingerprint density at radius 2 is 1.76 bits per heavy atom. The van der Waals surface area contributed by atoms with Crippen molar-refractivity contribution in [2.45, 2.75) is 31.2 Å². The van der Waals surface area contributed by atoms with Crippen molar-refractivity contribution in [2.75, 3.05) is 4.72 Å². The fourth-order valence-electron chi connectivity index (χ4n) is 2.56. The van der Waals surface area contributed by atoms with Crippen LogP contribution >= 0.6 is 0 Å². The number of hydrogen-bond acceptors (Lipinski definition) is 3. The quantitative estimate of drug-likeness (QED) is 0.730. The summed E-state index contributed by atoms with van der Waals surface area (Å²) in [4.78, 5) is 0.255. The lowest BCUT2D eigenvalue weighted by atomic mass is 10.0. The van der Waals surface area contributed by atoms with E-state index in [1.807, 2.05) is 42.6 Å². The van der Waals surface area contributed by atoms with Crippen molar-refractivity contribution in [3.63, 3.8) is 0 Å². The van der Waals surface area contributed by atoms with E-state index < -0.39 is 10.0 Å². The van der Waals surface area contributed by atoms with Gasteiger partial charge in [-0.15, -0.1) is 0 Å². The van der Waals surface area contributed by atoms with Crippen molar-refractivity contribution in [2.24, 2.45) is 0 Å². The predicted octanol–water partition coefficient (Wildman–Crippen LogP) is 3.86. The topological polar surface area (TPSA) is 64.0 Å². The summed E-state index contributed by atoms with van der Waals surface area (Å²) in [5.41, 5.74) is 2.53. The van der Waals surface area contributed by atoms with Crippen molar-refractivity contribution >= 4 is 15.7 Å². The largest absolute Gasteiger partial charge is 0.279 e. The van der Waals surface area contributed by atoms with E-state index in [0.29, 0.717) is 18.2 Å². The third kappa shape index (κ3) is 4.09. The van der Waals surface area contributed by atoms with Gasteiger partial charge >= 0.3 is 0 Å². The van der Waals surface area contributed by atoms with Crippen molar-refractivity contribution < 1.29 is 8.42 Å². The van der Waals surface area contributed by atoms with E-state index in [-0.39, 0.29) is 4.90 Å². The SMILES string of the molecule is CC(C)c1ccc(S(=O)(=O)Nc2ccccc2Cn2cccn2)cc1. The second-order valence-electron chi connectivity index (χ2n) is 6.19. The predicted molar refractivity (Wildman–Crippen MR) is 99.1 cm³/mol. The van der Waals surface area contributed by atoms with E-state index in [4.69, 9.17) is 0 Å². The molecule has 5 nitrogen and oxygen atoms in total. The molecule has 0 aliphatic carbocycles. The standard InChI is InChI=1S/C19H21N3O2S/c1-15(2)16-8-10-18(11-9-16)25(23,24)21-19-7-4-3-6-17(19)14-22-13-5-12-20-22/h3-13,15,21H,14H2,1-2H3. The highest BCUT2D eigenvalue weighted by atomic mass is 32.2. The van der Waals surface area contributed by atoms with Crippen LogP contribution < -0.4 is 4.72 Å². The zero-order valence-electron chi connectivity index (χ0n) is 14.3. The summed E-state index contributed by atoms with van der Waals surface area (Å²) < 4.78 is 29.9. The van der Waals surface area contributed by atoms with E-state index in [1.54, 1.807) is 29.1 Å². The molecule has 130 valence electrons. The number of rotatable bonds is 6. The van der Waals surface area contributed by atoms with Crippen LogP contribution in [0.15, 0.2) is 71.9 Å². The molecule has 0 saturated carbocycles. The first-order valence-electron chi connectivity index (χ1n) is 8.14. The van der Waals surface area contributed by atoms with Gasteiger partial charge in [-0.25, -0.2) is 8.42 Å². The Kier molecular flexibility index (Phi) is 4.90. The molecule has 0 aliphatic heterocycles. The first kappa shape index (κ1) is 17.2. The Morgan fingerprint density at radius 1 is 1.04 bits per heavy atom. The van der Waals surface area contributed by atoms with Gasteiger partial charge in [-0.2, -0.15) is 5.10 Å². The Hall–Kier alpha value is -2.60. The molecule has 0 unspecified atom stereocenters.